The predicted molar refractivity (Wildman–Crippen MR) is 112 cm³/mol. The summed E-state index contributed by atoms with van der Waals surface area (Å²) in [6.07, 6.45) is 4.41. The van der Waals surface area contributed by atoms with E-state index in [1.54, 1.807) is 24.5 Å². The molecule has 1 atom stereocenters. The number of rotatable bonds is 7. The van der Waals surface area contributed by atoms with Crippen LogP contribution in [-0.2, 0) is 26.2 Å². The Kier molecular flexibility index (Phi) is 7.41. The highest BCUT2D eigenvalue weighted by atomic mass is 35.5. The fourth-order valence-corrected chi connectivity index (χ4v) is 4.86. The quantitative estimate of drug-likeness (QED) is 0.665. The molecule has 0 saturated carbocycles. The van der Waals surface area contributed by atoms with Gasteiger partial charge < -0.3 is 10.6 Å². The molecule has 2 amide bonds. The third-order valence-electron chi connectivity index (χ3n) is 4.87. The molecule has 1 aliphatic heterocycles. The Morgan fingerprint density at radius 1 is 1.10 bits per heavy atom. The molecule has 1 fully saturated rings. The Balaban J connectivity index is 1.51. The van der Waals surface area contributed by atoms with Crippen molar-refractivity contribution in [2.45, 2.75) is 24.3 Å². The van der Waals surface area contributed by atoms with Crippen molar-refractivity contribution in [2.75, 3.05) is 19.6 Å². The van der Waals surface area contributed by atoms with Gasteiger partial charge in [0.05, 0.1) is 17.4 Å². The Morgan fingerprint density at radius 2 is 1.80 bits per heavy atom. The van der Waals surface area contributed by atoms with E-state index in [9.17, 15) is 18.0 Å². The van der Waals surface area contributed by atoms with Gasteiger partial charge in [-0.05, 0) is 54.8 Å². The lowest BCUT2D eigenvalue weighted by molar-refractivity contribution is -0.129. The lowest BCUT2D eigenvalue weighted by Crippen LogP contribution is -2.47. The van der Waals surface area contributed by atoms with Crippen LogP contribution in [0.15, 0.2) is 53.7 Å². The number of carbonyl (C=O) groups is 2. The molecule has 1 aliphatic rings. The third kappa shape index (κ3) is 5.78. The van der Waals surface area contributed by atoms with Gasteiger partial charge in [0.15, 0.2) is 0 Å². The van der Waals surface area contributed by atoms with Crippen LogP contribution in [0.1, 0.15) is 18.4 Å². The van der Waals surface area contributed by atoms with Crippen molar-refractivity contribution in [3.05, 3.63) is 59.4 Å². The molecule has 3 rings (SSSR count). The minimum Gasteiger partial charge on any atom is -0.350 e. The SMILES string of the molecule is O=C(CNC(=O)[C@@H]1CCCN(S(=O)(=O)c2ccc(Cl)cc2)C1)NCc1ccncc1. The van der Waals surface area contributed by atoms with Crippen LogP contribution in [0, 0.1) is 5.92 Å². The summed E-state index contributed by atoms with van der Waals surface area (Å²) in [5, 5.41) is 5.77. The first-order valence-electron chi connectivity index (χ1n) is 9.55. The summed E-state index contributed by atoms with van der Waals surface area (Å²) in [5.41, 5.74) is 0.903. The number of hydrogen-bond donors (Lipinski definition) is 2. The summed E-state index contributed by atoms with van der Waals surface area (Å²) in [4.78, 5) is 28.5. The maximum atomic E-state index is 12.8. The zero-order valence-corrected chi connectivity index (χ0v) is 17.8. The number of benzene rings is 1. The largest absolute Gasteiger partial charge is 0.350 e. The lowest BCUT2D eigenvalue weighted by Gasteiger charge is -2.31. The van der Waals surface area contributed by atoms with Crippen molar-refractivity contribution in [3.63, 3.8) is 0 Å². The van der Waals surface area contributed by atoms with Gasteiger partial charge in [-0.1, -0.05) is 11.6 Å². The second-order valence-electron chi connectivity index (χ2n) is 7.01. The fourth-order valence-electron chi connectivity index (χ4n) is 3.21. The normalized spacial score (nSPS) is 17.3. The molecular weight excluding hydrogens is 428 g/mol. The van der Waals surface area contributed by atoms with Crippen molar-refractivity contribution in [2.24, 2.45) is 5.92 Å². The number of pyridine rings is 1. The van der Waals surface area contributed by atoms with Crippen LogP contribution in [0.3, 0.4) is 0 Å². The van der Waals surface area contributed by atoms with E-state index in [0.29, 0.717) is 31.0 Å². The van der Waals surface area contributed by atoms with Crippen LogP contribution in [0.25, 0.3) is 0 Å². The van der Waals surface area contributed by atoms with Gasteiger partial charge >= 0.3 is 0 Å². The van der Waals surface area contributed by atoms with Crippen LogP contribution in [-0.4, -0.2) is 49.2 Å². The van der Waals surface area contributed by atoms with Crippen molar-refractivity contribution in [1.82, 2.24) is 19.9 Å². The topological polar surface area (TPSA) is 108 Å². The number of aromatic nitrogens is 1. The van der Waals surface area contributed by atoms with Gasteiger partial charge in [0.25, 0.3) is 0 Å². The van der Waals surface area contributed by atoms with Gasteiger partial charge in [-0.2, -0.15) is 4.31 Å². The van der Waals surface area contributed by atoms with Crippen molar-refractivity contribution in [3.8, 4) is 0 Å². The average molecular weight is 451 g/mol. The molecule has 30 heavy (non-hydrogen) atoms. The number of piperidine rings is 1. The van der Waals surface area contributed by atoms with E-state index in [1.165, 1.54) is 28.6 Å². The molecular formula is C20H23ClN4O4S. The van der Waals surface area contributed by atoms with E-state index < -0.39 is 15.9 Å². The molecule has 2 aromatic rings. The van der Waals surface area contributed by atoms with E-state index in [2.05, 4.69) is 15.6 Å². The number of nitrogens with zero attached hydrogens (tertiary/aromatic N) is 2. The molecule has 2 N–H and O–H groups in total. The van der Waals surface area contributed by atoms with E-state index in [0.717, 1.165) is 5.56 Å². The van der Waals surface area contributed by atoms with Crippen LogP contribution in [0.4, 0.5) is 0 Å². The van der Waals surface area contributed by atoms with Gasteiger partial charge in [0.2, 0.25) is 21.8 Å². The number of amides is 2. The first kappa shape index (κ1) is 22.2. The molecule has 160 valence electrons. The highest BCUT2D eigenvalue weighted by Gasteiger charge is 2.33. The molecule has 2 heterocycles. The Morgan fingerprint density at radius 3 is 2.50 bits per heavy atom. The summed E-state index contributed by atoms with van der Waals surface area (Å²) >= 11 is 5.83. The summed E-state index contributed by atoms with van der Waals surface area (Å²) in [6.45, 7) is 0.606. The molecule has 0 radical (unpaired) electrons. The monoisotopic (exact) mass is 450 g/mol. The maximum absolute atomic E-state index is 12.8. The molecule has 1 aromatic carbocycles. The fraction of sp³-hybridized carbons (Fsp3) is 0.350. The van der Waals surface area contributed by atoms with Gasteiger partial charge in [-0.25, -0.2) is 8.42 Å². The minimum absolute atomic E-state index is 0.0788. The van der Waals surface area contributed by atoms with Crippen molar-refractivity contribution < 1.29 is 18.0 Å². The van der Waals surface area contributed by atoms with Gasteiger partial charge in [-0.15, -0.1) is 0 Å². The molecule has 1 aromatic heterocycles. The van der Waals surface area contributed by atoms with Crippen LogP contribution >= 0.6 is 11.6 Å². The second-order valence-corrected chi connectivity index (χ2v) is 9.38. The predicted octanol–water partition coefficient (Wildman–Crippen LogP) is 1.57. The average Bonchev–Trinajstić information content (AvgIpc) is 2.77. The van der Waals surface area contributed by atoms with Crippen LogP contribution in [0.5, 0.6) is 0 Å². The second kappa shape index (κ2) is 10.0. The highest BCUT2D eigenvalue weighted by molar-refractivity contribution is 7.89. The lowest BCUT2D eigenvalue weighted by atomic mass is 9.99. The Bertz CT molecular complexity index is 984. The van der Waals surface area contributed by atoms with E-state index in [1.807, 2.05) is 0 Å². The van der Waals surface area contributed by atoms with Crippen LogP contribution in [0.2, 0.25) is 5.02 Å². The summed E-state index contributed by atoms with van der Waals surface area (Å²) in [6, 6.07) is 9.52. The number of hydrogen-bond acceptors (Lipinski definition) is 5. The number of sulfonamides is 1. The molecule has 0 bridgehead atoms. The summed E-state index contributed by atoms with van der Waals surface area (Å²) < 4.78 is 27.0. The van der Waals surface area contributed by atoms with E-state index in [4.69, 9.17) is 11.6 Å². The van der Waals surface area contributed by atoms with Gasteiger partial charge in [0.1, 0.15) is 0 Å². The van der Waals surface area contributed by atoms with Crippen LogP contribution < -0.4 is 10.6 Å². The standard InChI is InChI=1S/C20H23ClN4O4S/c21-17-3-5-18(6-4-17)30(28,29)25-11-1-2-16(14-25)20(27)24-13-19(26)23-12-15-7-9-22-10-8-15/h3-10,16H,1-2,11-14H2,(H,23,26)(H,24,27)/t16-/m1/s1. The maximum Gasteiger partial charge on any atom is 0.243 e. The van der Waals surface area contributed by atoms with Gasteiger partial charge in [0, 0.05) is 37.1 Å². The van der Waals surface area contributed by atoms with Crippen molar-refractivity contribution in [1.29, 1.82) is 0 Å². The highest BCUT2D eigenvalue weighted by Crippen LogP contribution is 2.24. The summed E-state index contributed by atoms with van der Waals surface area (Å²) in [7, 11) is -3.71. The molecule has 8 nitrogen and oxygen atoms in total. The van der Waals surface area contributed by atoms with E-state index in [-0.39, 0.29) is 29.8 Å². The summed E-state index contributed by atoms with van der Waals surface area (Å²) in [5.74, 6) is -1.15. The Hall–Kier alpha value is -2.49. The number of halogens is 1. The molecule has 1 saturated heterocycles. The third-order valence-corrected chi connectivity index (χ3v) is 7.00. The first-order valence-corrected chi connectivity index (χ1v) is 11.4. The van der Waals surface area contributed by atoms with E-state index >= 15 is 0 Å². The smallest absolute Gasteiger partial charge is 0.243 e. The van der Waals surface area contributed by atoms with Crippen molar-refractivity contribution >= 4 is 33.4 Å². The number of carbonyl (C=O) groups excluding carboxylic acids is 2. The zero-order chi connectivity index (χ0) is 21.6. The molecule has 0 unspecified atom stereocenters. The Labute approximate surface area is 180 Å². The molecule has 10 heteroatoms. The zero-order valence-electron chi connectivity index (χ0n) is 16.3. The molecule has 0 aliphatic carbocycles. The minimum atomic E-state index is -3.71. The number of nitrogens with one attached hydrogen (secondary N) is 2. The first-order chi connectivity index (χ1) is 14.4. The van der Waals surface area contributed by atoms with Gasteiger partial charge in [-0.3, -0.25) is 14.6 Å². The molecule has 0 spiro atoms.